The van der Waals surface area contributed by atoms with Crippen molar-refractivity contribution in [3.63, 3.8) is 0 Å². The van der Waals surface area contributed by atoms with Gasteiger partial charge in [-0.25, -0.2) is 4.39 Å². The van der Waals surface area contributed by atoms with Gasteiger partial charge in [0.25, 0.3) is 0 Å². The number of aryl methyl sites for hydroxylation is 1. The number of rotatable bonds is 5. The van der Waals surface area contributed by atoms with Crippen LogP contribution >= 0.6 is 0 Å². The Balaban J connectivity index is 2.44. The summed E-state index contributed by atoms with van der Waals surface area (Å²) < 4.78 is 18.8. The van der Waals surface area contributed by atoms with Crippen LogP contribution in [0.2, 0.25) is 0 Å². The van der Waals surface area contributed by atoms with E-state index in [0.29, 0.717) is 0 Å². The minimum atomic E-state index is -0.350. The molecule has 2 rings (SSSR count). The third-order valence-electron chi connectivity index (χ3n) is 3.43. The molecule has 1 aromatic heterocycles. The summed E-state index contributed by atoms with van der Waals surface area (Å²) in [4.78, 5) is 4.15. The van der Waals surface area contributed by atoms with E-state index in [1.807, 2.05) is 25.4 Å². The van der Waals surface area contributed by atoms with Crippen molar-refractivity contribution in [1.29, 1.82) is 0 Å². The predicted molar refractivity (Wildman–Crippen MR) is 77.5 cm³/mol. The van der Waals surface area contributed by atoms with Crippen molar-refractivity contribution < 1.29 is 9.13 Å². The van der Waals surface area contributed by atoms with Crippen LogP contribution in [-0.4, -0.2) is 19.1 Å². The molecule has 0 aliphatic carbocycles. The lowest BCUT2D eigenvalue weighted by atomic mass is 9.95. The standard InChI is InChI=1S/C16H19FN2O/c1-4-11-10-19-8-7-13(11)16(18-2)12-5-6-15(20-3)14(17)9-12/h5-10,16,18H,4H2,1-3H3. The first-order valence-corrected chi connectivity index (χ1v) is 6.64. The summed E-state index contributed by atoms with van der Waals surface area (Å²) in [5, 5.41) is 3.24. The molecule has 0 amide bonds. The van der Waals surface area contributed by atoms with Crippen LogP contribution in [-0.2, 0) is 6.42 Å². The van der Waals surface area contributed by atoms with Crippen LogP contribution in [0.3, 0.4) is 0 Å². The van der Waals surface area contributed by atoms with E-state index >= 15 is 0 Å². The lowest BCUT2D eigenvalue weighted by Gasteiger charge is -2.20. The highest BCUT2D eigenvalue weighted by atomic mass is 19.1. The molecule has 1 atom stereocenters. The minimum absolute atomic E-state index is 0.0617. The fraction of sp³-hybridized carbons (Fsp3) is 0.312. The van der Waals surface area contributed by atoms with Crippen molar-refractivity contribution in [2.24, 2.45) is 0 Å². The Morgan fingerprint density at radius 3 is 2.75 bits per heavy atom. The minimum Gasteiger partial charge on any atom is -0.494 e. The molecular weight excluding hydrogens is 255 g/mol. The van der Waals surface area contributed by atoms with Gasteiger partial charge in [-0.05, 0) is 48.4 Å². The molecule has 0 bridgehead atoms. The van der Waals surface area contributed by atoms with Crippen LogP contribution in [0, 0.1) is 5.82 Å². The van der Waals surface area contributed by atoms with Crippen molar-refractivity contribution in [2.45, 2.75) is 19.4 Å². The summed E-state index contributed by atoms with van der Waals surface area (Å²) in [5.41, 5.74) is 3.14. The molecule has 20 heavy (non-hydrogen) atoms. The topological polar surface area (TPSA) is 34.2 Å². The highest BCUT2D eigenvalue weighted by Crippen LogP contribution is 2.28. The fourth-order valence-corrected chi connectivity index (χ4v) is 2.38. The molecule has 3 nitrogen and oxygen atoms in total. The van der Waals surface area contributed by atoms with Crippen LogP contribution in [0.15, 0.2) is 36.7 Å². The second kappa shape index (κ2) is 6.48. The van der Waals surface area contributed by atoms with Gasteiger partial charge >= 0.3 is 0 Å². The Labute approximate surface area is 118 Å². The van der Waals surface area contributed by atoms with Crippen LogP contribution < -0.4 is 10.1 Å². The summed E-state index contributed by atoms with van der Waals surface area (Å²) in [6, 6.07) is 6.96. The molecular formula is C16H19FN2O. The van der Waals surface area contributed by atoms with E-state index in [2.05, 4.69) is 17.2 Å². The second-order valence-electron chi connectivity index (χ2n) is 4.54. The largest absolute Gasteiger partial charge is 0.494 e. The Morgan fingerprint density at radius 2 is 2.15 bits per heavy atom. The summed E-state index contributed by atoms with van der Waals surface area (Å²) in [7, 11) is 3.33. The first-order valence-electron chi connectivity index (χ1n) is 6.64. The number of aromatic nitrogens is 1. The summed E-state index contributed by atoms with van der Waals surface area (Å²) in [5.74, 6) is -0.0913. The van der Waals surface area contributed by atoms with Crippen LogP contribution in [0.5, 0.6) is 5.75 Å². The number of hydrogen-bond acceptors (Lipinski definition) is 3. The lowest BCUT2D eigenvalue weighted by Crippen LogP contribution is -2.19. The zero-order chi connectivity index (χ0) is 14.5. The lowest BCUT2D eigenvalue weighted by molar-refractivity contribution is 0.386. The van der Waals surface area contributed by atoms with E-state index in [4.69, 9.17) is 4.74 Å². The summed E-state index contributed by atoms with van der Waals surface area (Å²) in [6.07, 6.45) is 4.51. The van der Waals surface area contributed by atoms with Crippen molar-refractivity contribution in [1.82, 2.24) is 10.3 Å². The van der Waals surface area contributed by atoms with Gasteiger partial charge in [-0.1, -0.05) is 13.0 Å². The molecule has 0 fully saturated rings. The van der Waals surface area contributed by atoms with Gasteiger partial charge in [0, 0.05) is 12.4 Å². The van der Waals surface area contributed by atoms with E-state index in [1.165, 1.54) is 13.2 Å². The van der Waals surface area contributed by atoms with E-state index < -0.39 is 0 Å². The zero-order valence-corrected chi connectivity index (χ0v) is 12.0. The smallest absolute Gasteiger partial charge is 0.165 e. The van der Waals surface area contributed by atoms with Crippen LogP contribution in [0.1, 0.15) is 29.7 Å². The van der Waals surface area contributed by atoms with E-state index in [0.717, 1.165) is 23.1 Å². The SMILES string of the molecule is CCc1cnccc1C(NC)c1ccc(OC)c(F)c1. The first-order chi connectivity index (χ1) is 9.71. The Bertz CT molecular complexity index is 586. The van der Waals surface area contributed by atoms with Gasteiger partial charge in [-0.15, -0.1) is 0 Å². The van der Waals surface area contributed by atoms with E-state index in [1.54, 1.807) is 12.3 Å². The van der Waals surface area contributed by atoms with Crippen molar-refractivity contribution >= 4 is 0 Å². The molecule has 2 aromatic rings. The number of pyridine rings is 1. The Hall–Kier alpha value is -1.94. The molecule has 0 spiro atoms. The molecule has 0 saturated carbocycles. The first kappa shape index (κ1) is 14.5. The molecule has 1 unspecified atom stereocenters. The third-order valence-corrected chi connectivity index (χ3v) is 3.43. The average Bonchev–Trinajstić information content (AvgIpc) is 2.49. The number of halogens is 1. The number of methoxy groups -OCH3 is 1. The normalized spacial score (nSPS) is 12.2. The van der Waals surface area contributed by atoms with E-state index in [9.17, 15) is 4.39 Å². The molecule has 1 heterocycles. The molecule has 106 valence electrons. The highest BCUT2D eigenvalue weighted by Gasteiger charge is 2.16. The molecule has 0 saturated heterocycles. The fourth-order valence-electron chi connectivity index (χ4n) is 2.38. The van der Waals surface area contributed by atoms with Gasteiger partial charge in [0.05, 0.1) is 13.2 Å². The molecule has 0 aliphatic rings. The maximum atomic E-state index is 13.9. The molecule has 0 aliphatic heterocycles. The Morgan fingerprint density at radius 1 is 1.35 bits per heavy atom. The van der Waals surface area contributed by atoms with Gasteiger partial charge in [0.15, 0.2) is 11.6 Å². The number of nitrogens with zero attached hydrogens (tertiary/aromatic N) is 1. The zero-order valence-electron chi connectivity index (χ0n) is 12.0. The number of ether oxygens (including phenoxy) is 1. The van der Waals surface area contributed by atoms with Gasteiger partial charge in [-0.2, -0.15) is 0 Å². The van der Waals surface area contributed by atoms with Crippen molar-refractivity contribution in [3.05, 3.63) is 59.2 Å². The van der Waals surface area contributed by atoms with Gasteiger partial charge in [-0.3, -0.25) is 4.98 Å². The van der Waals surface area contributed by atoms with Crippen LogP contribution in [0.4, 0.5) is 4.39 Å². The molecule has 4 heteroatoms. The quantitative estimate of drug-likeness (QED) is 0.909. The second-order valence-corrected chi connectivity index (χ2v) is 4.54. The monoisotopic (exact) mass is 274 g/mol. The van der Waals surface area contributed by atoms with Gasteiger partial charge < -0.3 is 10.1 Å². The number of nitrogens with one attached hydrogen (secondary N) is 1. The highest BCUT2D eigenvalue weighted by molar-refractivity contribution is 5.38. The summed E-state index contributed by atoms with van der Waals surface area (Å²) >= 11 is 0. The predicted octanol–water partition coefficient (Wildman–Crippen LogP) is 3.10. The van der Waals surface area contributed by atoms with Crippen LogP contribution in [0.25, 0.3) is 0 Å². The summed E-state index contributed by atoms with van der Waals surface area (Å²) in [6.45, 7) is 2.09. The maximum absolute atomic E-state index is 13.9. The average molecular weight is 274 g/mol. The third kappa shape index (κ3) is 2.80. The van der Waals surface area contributed by atoms with Crippen molar-refractivity contribution in [2.75, 3.05) is 14.2 Å². The Kier molecular flexibility index (Phi) is 4.69. The molecule has 1 N–H and O–H groups in total. The number of benzene rings is 1. The maximum Gasteiger partial charge on any atom is 0.165 e. The molecule has 0 radical (unpaired) electrons. The van der Waals surface area contributed by atoms with Gasteiger partial charge in [0.2, 0.25) is 0 Å². The van der Waals surface area contributed by atoms with Crippen molar-refractivity contribution in [3.8, 4) is 5.75 Å². The van der Waals surface area contributed by atoms with Gasteiger partial charge in [0.1, 0.15) is 0 Å². The number of hydrogen-bond donors (Lipinski definition) is 1. The molecule has 1 aromatic carbocycles. The van der Waals surface area contributed by atoms with E-state index in [-0.39, 0.29) is 17.6 Å².